The Balaban J connectivity index is 1.73. The van der Waals surface area contributed by atoms with Crippen molar-refractivity contribution in [2.24, 2.45) is 5.92 Å². The number of hydrogen-bond acceptors (Lipinski definition) is 5. The minimum atomic E-state index is -2.87. The highest BCUT2D eigenvalue weighted by Gasteiger charge is 2.41. The van der Waals surface area contributed by atoms with Crippen LogP contribution in [0, 0.1) is 5.92 Å². The first-order chi connectivity index (χ1) is 9.74. The second kappa shape index (κ2) is 5.05. The molecular formula is C14H24N4O2S. The maximum atomic E-state index is 11.9. The van der Waals surface area contributed by atoms with E-state index in [1.54, 1.807) is 0 Å². The van der Waals surface area contributed by atoms with Crippen molar-refractivity contribution in [2.75, 3.05) is 18.1 Å². The molecule has 21 heavy (non-hydrogen) atoms. The quantitative estimate of drug-likeness (QED) is 0.904. The summed E-state index contributed by atoms with van der Waals surface area (Å²) in [5, 5.41) is 7.29. The summed E-state index contributed by atoms with van der Waals surface area (Å²) in [5.74, 6) is 2.76. The lowest BCUT2D eigenvalue weighted by Crippen LogP contribution is -2.49. The number of sulfone groups is 1. The minimum Gasteiger partial charge on any atom is -0.291 e. The summed E-state index contributed by atoms with van der Waals surface area (Å²) in [5.41, 5.74) is -0.0735. The molecule has 1 aliphatic carbocycles. The van der Waals surface area contributed by atoms with Gasteiger partial charge in [-0.25, -0.2) is 13.4 Å². The molecule has 1 aromatic rings. The normalized spacial score (nSPS) is 26.9. The number of nitrogens with zero attached hydrogens (tertiary/aromatic N) is 3. The second-order valence-electron chi connectivity index (χ2n) is 7.35. The Morgan fingerprint density at radius 2 is 2.05 bits per heavy atom. The van der Waals surface area contributed by atoms with E-state index in [0.29, 0.717) is 24.8 Å². The molecule has 0 radical (unpaired) electrons. The third-order valence-electron chi connectivity index (χ3n) is 4.30. The first-order valence-corrected chi connectivity index (χ1v) is 9.43. The van der Waals surface area contributed by atoms with Crippen LogP contribution >= 0.6 is 0 Å². The number of nitrogens with one attached hydrogen (secondary N) is 1. The molecule has 3 rings (SSSR count). The van der Waals surface area contributed by atoms with Crippen LogP contribution in [-0.4, -0.2) is 52.6 Å². The zero-order valence-corrected chi connectivity index (χ0v) is 13.8. The van der Waals surface area contributed by atoms with Crippen LogP contribution in [0.5, 0.6) is 0 Å². The van der Waals surface area contributed by atoms with Gasteiger partial charge in [-0.1, -0.05) is 20.8 Å². The minimum absolute atomic E-state index is 0.0735. The summed E-state index contributed by atoms with van der Waals surface area (Å²) >= 11 is 0. The van der Waals surface area contributed by atoms with Gasteiger partial charge in [0.2, 0.25) is 0 Å². The number of H-pyrrole nitrogens is 1. The molecule has 2 heterocycles. The lowest BCUT2D eigenvalue weighted by Gasteiger charge is -2.34. The van der Waals surface area contributed by atoms with Gasteiger partial charge in [0, 0.05) is 18.0 Å². The molecule has 0 amide bonds. The van der Waals surface area contributed by atoms with Crippen LogP contribution in [0.25, 0.3) is 0 Å². The molecule has 0 spiro atoms. The highest BCUT2D eigenvalue weighted by atomic mass is 32.2. The molecule has 1 saturated carbocycles. The van der Waals surface area contributed by atoms with E-state index in [1.165, 1.54) is 0 Å². The Morgan fingerprint density at radius 3 is 2.62 bits per heavy atom. The van der Waals surface area contributed by atoms with Crippen LogP contribution in [0.3, 0.4) is 0 Å². The zero-order valence-electron chi connectivity index (χ0n) is 13.0. The smallest absolute Gasteiger partial charge is 0.156 e. The standard InChI is InChI=1S/C14H24N4O2S/c1-14(2,3)13-15-12(16-17-13)8-18-6-7-21(19,20)9-11(18)10-4-5-10/h10-11H,4-9H2,1-3H3,(H,15,16,17). The molecule has 6 nitrogen and oxygen atoms in total. The molecule has 0 bridgehead atoms. The maximum absolute atomic E-state index is 11.9. The number of aromatic amines is 1. The van der Waals surface area contributed by atoms with Crippen LogP contribution in [0.1, 0.15) is 45.3 Å². The Bertz CT molecular complexity index is 613. The third-order valence-corrected chi connectivity index (χ3v) is 5.96. The van der Waals surface area contributed by atoms with E-state index in [-0.39, 0.29) is 17.2 Å². The van der Waals surface area contributed by atoms with Gasteiger partial charge in [-0.05, 0) is 18.8 Å². The molecule has 7 heteroatoms. The lowest BCUT2D eigenvalue weighted by atomic mass is 9.96. The molecule has 0 aromatic carbocycles. The monoisotopic (exact) mass is 312 g/mol. The molecule has 2 fully saturated rings. The Labute approximate surface area is 126 Å². The van der Waals surface area contributed by atoms with E-state index < -0.39 is 9.84 Å². The lowest BCUT2D eigenvalue weighted by molar-refractivity contribution is 0.180. The van der Waals surface area contributed by atoms with Crippen LogP contribution < -0.4 is 0 Å². The third kappa shape index (κ3) is 3.45. The number of hydrogen-bond donors (Lipinski definition) is 1. The van der Waals surface area contributed by atoms with Crippen molar-refractivity contribution < 1.29 is 8.42 Å². The van der Waals surface area contributed by atoms with Crippen molar-refractivity contribution in [1.29, 1.82) is 0 Å². The van der Waals surface area contributed by atoms with Crippen LogP contribution in [-0.2, 0) is 21.8 Å². The van der Waals surface area contributed by atoms with Gasteiger partial charge in [-0.15, -0.1) is 0 Å². The van der Waals surface area contributed by atoms with Gasteiger partial charge >= 0.3 is 0 Å². The predicted octanol–water partition coefficient (Wildman–Crippen LogP) is 1.11. The molecule has 1 aromatic heterocycles. The molecule has 118 valence electrons. The Hall–Kier alpha value is -0.950. The fourth-order valence-electron chi connectivity index (χ4n) is 2.88. The van der Waals surface area contributed by atoms with Gasteiger partial charge in [-0.2, -0.15) is 5.10 Å². The maximum Gasteiger partial charge on any atom is 0.156 e. The van der Waals surface area contributed by atoms with Crippen molar-refractivity contribution in [3.05, 3.63) is 11.6 Å². The molecule has 1 saturated heterocycles. The average molecular weight is 312 g/mol. The molecular weight excluding hydrogens is 288 g/mol. The van der Waals surface area contributed by atoms with Gasteiger partial charge in [0.05, 0.1) is 18.1 Å². The van der Waals surface area contributed by atoms with Crippen molar-refractivity contribution in [1.82, 2.24) is 20.1 Å². The molecule has 1 aliphatic heterocycles. The van der Waals surface area contributed by atoms with Gasteiger partial charge < -0.3 is 0 Å². The highest BCUT2D eigenvalue weighted by molar-refractivity contribution is 7.91. The summed E-state index contributed by atoms with van der Waals surface area (Å²) in [4.78, 5) is 6.84. The van der Waals surface area contributed by atoms with E-state index >= 15 is 0 Å². The van der Waals surface area contributed by atoms with E-state index in [2.05, 4.69) is 40.9 Å². The summed E-state index contributed by atoms with van der Waals surface area (Å²) < 4.78 is 23.7. The summed E-state index contributed by atoms with van der Waals surface area (Å²) in [6.45, 7) is 7.52. The number of rotatable bonds is 3. The Kier molecular flexibility index (Phi) is 3.60. The number of aromatic nitrogens is 3. The fourth-order valence-corrected chi connectivity index (χ4v) is 4.56. The largest absolute Gasteiger partial charge is 0.291 e. The van der Waals surface area contributed by atoms with Crippen LogP contribution in [0.4, 0.5) is 0 Å². The summed E-state index contributed by atoms with van der Waals surface area (Å²) in [6.07, 6.45) is 2.31. The van der Waals surface area contributed by atoms with Crippen LogP contribution in [0.2, 0.25) is 0 Å². The molecule has 2 aliphatic rings. The first-order valence-electron chi connectivity index (χ1n) is 7.61. The van der Waals surface area contributed by atoms with Crippen molar-refractivity contribution >= 4 is 9.84 Å². The van der Waals surface area contributed by atoms with Gasteiger partial charge in [0.15, 0.2) is 15.7 Å². The van der Waals surface area contributed by atoms with Crippen LogP contribution in [0.15, 0.2) is 0 Å². The van der Waals surface area contributed by atoms with E-state index in [4.69, 9.17) is 0 Å². The zero-order chi connectivity index (χ0) is 15.3. The van der Waals surface area contributed by atoms with Gasteiger partial charge in [-0.3, -0.25) is 10.00 Å². The van der Waals surface area contributed by atoms with E-state index in [0.717, 1.165) is 24.5 Å². The second-order valence-corrected chi connectivity index (χ2v) is 9.57. The van der Waals surface area contributed by atoms with Gasteiger partial charge in [0.1, 0.15) is 5.82 Å². The SMILES string of the molecule is CC(C)(C)c1n[nH]c(CN2CCS(=O)(=O)CC2C2CC2)n1. The van der Waals surface area contributed by atoms with Gasteiger partial charge in [0.25, 0.3) is 0 Å². The summed E-state index contributed by atoms with van der Waals surface area (Å²) in [6, 6.07) is 0.159. The molecule has 1 atom stereocenters. The molecule has 1 N–H and O–H groups in total. The average Bonchev–Trinajstić information content (AvgIpc) is 3.09. The fraction of sp³-hybridized carbons (Fsp3) is 0.857. The van der Waals surface area contributed by atoms with Crippen molar-refractivity contribution in [3.8, 4) is 0 Å². The van der Waals surface area contributed by atoms with Crippen molar-refractivity contribution in [3.63, 3.8) is 0 Å². The Morgan fingerprint density at radius 1 is 1.33 bits per heavy atom. The molecule has 1 unspecified atom stereocenters. The van der Waals surface area contributed by atoms with Crippen molar-refractivity contribution in [2.45, 2.75) is 51.6 Å². The predicted molar refractivity (Wildman–Crippen MR) is 80.7 cm³/mol. The summed E-state index contributed by atoms with van der Waals surface area (Å²) in [7, 11) is -2.87. The van der Waals surface area contributed by atoms with E-state index in [9.17, 15) is 8.42 Å². The first kappa shape index (κ1) is 15.0. The van der Waals surface area contributed by atoms with E-state index in [1.807, 2.05) is 0 Å². The highest BCUT2D eigenvalue weighted by Crippen LogP contribution is 2.37. The topological polar surface area (TPSA) is 79.0 Å².